The molecule has 1 aliphatic heterocycles. The predicted molar refractivity (Wildman–Crippen MR) is 112 cm³/mol. The molecule has 1 aromatic carbocycles. The first kappa shape index (κ1) is 20.9. The predicted octanol–water partition coefficient (Wildman–Crippen LogP) is 3.89. The molecule has 0 amide bonds. The maximum absolute atomic E-state index is 12.3. The van der Waals surface area contributed by atoms with Crippen LogP contribution in [0.3, 0.4) is 0 Å². The van der Waals surface area contributed by atoms with Gasteiger partial charge >= 0.3 is 6.61 Å². The number of aromatic nitrogens is 4. The average molecular weight is 428 g/mol. The molecule has 162 valence electrons. The smallest absolute Gasteiger partial charge is 0.387 e. The van der Waals surface area contributed by atoms with Crippen molar-refractivity contribution in [1.82, 2.24) is 20.2 Å². The summed E-state index contributed by atoms with van der Waals surface area (Å²) in [6.45, 7) is 2.63. The van der Waals surface area contributed by atoms with E-state index in [1.54, 1.807) is 36.7 Å². The first-order valence-electron chi connectivity index (χ1n) is 9.85. The third-order valence-corrected chi connectivity index (χ3v) is 4.67. The molecule has 2 atom stereocenters. The highest BCUT2D eigenvalue weighted by atomic mass is 19.3. The summed E-state index contributed by atoms with van der Waals surface area (Å²) in [5, 5.41) is 11.3. The molecule has 1 aliphatic rings. The van der Waals surface area contributed by atoms with Gasteiger partial charge in [0.15, 0.2) is 5.82 Å². The van der Waals surface area contributed by atoms with Crippen molar-refractivity contribution in [2.45, 2.75) is 32.7 Å². The average Bonchev–Trinajstić information content (AvgIpc) is 2.74. The Kier molecular flexibility index (Phi) is 6.17. The molecule has 2 aromatic heterocycles. The number of nitrogens with zero attached hydrogens (tertiary/aromatic N) is 5. The van der Waals surface area contributed by atoms with Crippen LogP contribution in [0.4, 0.5) is 26.4 Å². The Bertz CT molecular complexity index is 1010. The fraction of sp³-hybridized carbons (Fsp3) is 0.333. The molecule has 1 N–H and O–H groups in total. The summed E-state index contributed by atoms with van der Waals surface area (Å²) in [7, 11) is 0. The molecular formula is C21H22F2N6O2. The number of morpholine rings is 1. The molecule has 2 unspecified atom stereocenters. The molecule has 3 aromatic rings. The van der Waals surface area contributed by atoms with Crippen LogP contribution in [0.25, 0.3) is 11.1 Å². The van der Waals surface area contributed by atoms with E-state index < -0.39 is 6.61 Å². The van der Waals surface area contributed by atoms with Crippen molar-refractivity contribution < 1.29 is 18.3 Å². The number of ether oxygens (including phenoxy) is 2. The summed E-state index contributed by atoms with van der Waals surface area (Å²) < 4.78 is 34.8. The van der Waals surface area contributed by atoms with Crippen molar-refractivity contribution in [1.29, 1.82) is 0 Å². The van der Waals surface area contributed by atoms with Crippen LogP contribution in [0.1, 0.15) is 13.8 Å². The molecule has 1 fully saturated rings. The molecule has 8 nitrogen and oxygen atoms in total. The largest absolute Gasteiger partial charge is 0.435 e. The van der Waals surface area contributed by atoms with Crippen molar-refractivity contribution in [2.75, 3.05) is 23.3 Å². The maximum atomic E-state index is 12.3. The van der Waals surface area contributed by atoms with Gasteiger partial charge in [0.2, 0.25) is 5.95 Å². The third kappa shape index (κ3) is 5.40. The zero-order valence-electron chi connectivity index (χ0n) is 17.1. The lowest BCUT2D eigenvalue weighted by Crippen LogP contribution is -2.46. The van der Waals surface area contributed by atoms with Crippen LogP contribution >= 0.6 is 0 Å². The molecule has 0 radical (unpaired) electrons. The Balaban J connectivity index is 1.49. The van der Waals surface area contributed by atoms with E-state index in [1.165, 1.54) is 12.1 Å². The van der Waals surface area contributed by atoms with E-state index >= 15 is 0 Å². The molecule has 1 saturated heterocycles. The highest BCUT2D eigenvalue weighted by molar-refractivity contribution is 5.67. The summed E-state index contributed by atoms with van der Waals surface area (Å²) in [4.78, 5) is 11.1. The van der Waals surface area contributed by atoms with Gasteiger partial charge in [-0.15, -0.1) is 5.10 Å². The van der Waals surface area contributed by atoms with Gasteiger partial charge in [-0.1, -0.05) is 12.1 Å². The first-order valence-corrected chi connectivity index (χ1v) is 9.85. The van der Waals surface area contributed by atoms with Gasteiger partial charge in [0.25, 0.3) is 0 Å². The normalized spacial score (nSPS) is 18.8. The molecule has 0 saturated carbocycles. The summed E-state index contributed by atoms with van der Waals surface area (Å²) in [5.41, 5.74) is 1.56. The molecule has 31 heavy (non-hydrogen) atoms. The minimum Gasteiger partial charge on any atom is -0.435 e. The van der Waals surface area contributed by atoms with Gasteiger partial charge in [-0.25, -0.2) is 4.98 Å². The van der Waals surface area contributed by atoms with Gasteiger partial charge in [-0.3, -0.25) is 0 Å². The SMILES string of the molecule is CC1CN(c2nccc(Nc3cc(-c4ccc(OC(F)F)cc4)cnn3)n2)CC(C)O1. The van der Waals surface area contributed by atoms with Crippen LogP contribution in [0.5, 0.6) is 5.75 Å². The minimum atomic E-state index is -2.86. The van der Waals surface area contributed by atoms with Gasteiger partial charge in [-0.05, 0) is 43.7 Å². The summed E-state index contributed by atoms with van der Waals surface area (Å²) in [6, 6.07) is 9.88. The van der Waals surface area contributed by atoms with Crippen molar-refractivity contribution in [2.24, 2.45) is 0 Å². The fourth-order valence-electron chi connectivity index (χ4n) is 3.46. The van der Waals surface area contributed by atoms with Gasteiger partial charge in [0.05, 0.1) is 18.4 Å². The van der Waals surface area contributed by atoms with Crippen LogP contribution < -0.4 is 15.0 Å². The number of benzene rings is 1. The Morgan fingerprint density at radius 2 is 1.81 bits per heavy atom. The molecular weight excluding hydrogens is 406 g/mol. The van der Waals surface area contributed by atoms with Crippen LogP contribution in [-0.4, -0.2) is 52.1 Å². The lowest BCUT2D eigenvalue weighted by atomic mass is 10.1. The number of hydrogen-bond acceptors (Lipinski definition) is 8. The minimum absolute atomic E-state index is 0.0966. The number of nitrogens with one attached hydrogen (secondary N) is 1. The number of alkyl halides is 2. The Hall–Kier alpha value is -3.40. The first-order chi connectivity index (χ1) is 15.0. The monoisotopic (exact) mass is 428 g/mol. The number of anilines is 3. The van der Waals surface area contributed by atoms with Gasteiger partial charge in [0.1, 0.15) is 11.6 Å². The van der Waals surface area contributed by atoms with E-state index in [0.29, 0.717) is 30.7 Å². The quantitative estimate of drug-likeness (QED) is 0.633. The van der Waals surface area contributed by atoms with Crippen molar-refractivity contribution in [3.63, 3.8) is 0 Å². The Morgan fingerprint density at radius 3 is 2.52 bits per heavy atom. The maximum Gasteiger partial charge on any atom is 0.387 e. The number of hydrogen-bond donors (Lipinski definition) is 1. The standard InChI is InChI=1S/C21H22F2N6O2/c1-13-11-29(12-14(2)30-13)21-24-8-7-18(27-21)26-19-9-16(10-25-28-19)15-3-5-17(6-4-15)31-20(22)23/h3-10,13-14,20H,11-12H2,1-2H3,(H,24,26,27,28). The zero-order valence-corrected chi connectivity index (χ0v) is 17.1. The van der Waals surface area contributed by atoms with Crippen LogP contribution in [0.2, 0.25) is 0 Å². The van der Waals surface area contributed by atoms with E-state index in [9.17, 15) is 8.78 Å². The fourth-order valence-corrected chi connectivity index (χ4v) is 3.46. The Labute approximate surface area is 178 Å². The molecule has 10 heteroatoms. The highest BCUT2D eigenvalue weighted by Gasteiger charge is 2.24. The second-order valence-electron chi connectivity index (χ2n) is 7.26. The van der Waals surface area contributed by atoms with E-state index in [-0.39, 0.29) is 18.0 Å². The van der Waals surface area contributed by atoms with Crippen molar-refractivity contribution >= 4 is 17.6 Å². The highest BCUT2D eigenvalue weighted by Crippen LogP contribution is 2.25. The second-order valence-corrected chi connectivity index (χ2v) is 7.26. The molecule has 0 bridgehead atoms. The van der Waals surface area contributed by atoms with Gasteiger partial charge < -0.3 is 19.7 Å². The second kappa shape index (κ2) is 9.17. The van der Waals surface area contributed by atoms with E-state index in [1.807, 2.05) is 13.8 Å². The van der Waals surface area contributed by atoms with Crippen LogP contribution in [0, 0.1) is 0 Å². The van der Waals surface area contributed by atoms with E-state index in [2.05, 4.69) is 35.1 Å². The number of halogens is 2. The van der Waals surface area contributed by atoms with Crippen molar-refractivity contribution in [3.05, 3.63) is 48.8 Å². The lowest BCUT2D eigenvalue weighted by molar-refractivity contribution is -0.0498. The van der Waals surface area contributed by atoms with Crippen molar-refractivity contribution in [3.8, 4) is 16.9 Å². The van der Waals surface area contributed by atoms with E-state index in [0.717, 1.165) is 11.1 Å². The van der Waals surface area contributed by atoms with Gasteiger partial charge in [0, 0.05) is 24.8 Å². The lowest BCUT2D eigenvalue weighted by Gasteiger charge is -2.35. The Morgan fingerprint density at radius 1 is 1.06 bits per heavy atom. The third-order valence-electron chi connectivity index (χ3n) is 4.67. The summed E-state index contributed by atoms with van der Waals surface area (Å²) in [6.07, 6.45) is 3.48. The van der Waals surface area contributed by atoms with E-state index in [4.69, 9.17) is 4.74 Å². The summed E-state index contributed by atoms with van der Waals surface area (Å²) >= 11 is 0. The molecule has 4 rings (SSSR count). The number of rotatable bonds is 6. The van der Waals surface area contributed by atoms with Crippen LogP contribution in [0.15, 0.2) is 48.8 Å². The van der Waals surface area contributed by atoms with Crippen LogP contribution in [-0.2, 0) is 4.74 Å². The molecule has 3 heterocycles. The summed E-state index contributed by atoms with van der Waals surface area (Å²) in [5.74, 6) is 1.80. The topological polar surface area (TPSA) is 85.3 Å². The molecule has 0 aliphatic carbocycles. The van der Waals surface area contributed by atoms with Gasteiger partial charge in [-0.2, -0.15) is 18.9 Å². The molecule has 0 spiro atoms. The zero-order chi connectivity index (χ0) is 21.8.